The second kappa shape index (κ2) is 5.42. The minimum absolute atomic E-state index is 0.266. The Hall–Kier alpha value is -0.233. The normalized spacial score (nSPS) is 14.3. The average Bonchev–Trinajstić information content (AvgIpc) is 2.14. The fraction of sp³-hybridized carbons (Fsp3) is 0.857. The summed E-state index contributed by atoms with van der Waals surface area (Å²) in [5.41, 5.74) is -0.266. The summed E-state index contributed by atoms with van der Waals surface area (Å²) < 4.78 is 15.4. The van der Waals surface area contributed by atoms with Crippen molar-refractivity contribution in [3.8, 4) is 0 Å². The van der Waals surface area contributed by atoms with Crippen LogP contribution < -0.4 is 0 Å². The van der Waals surface area contributed by atoms with Gasteiger partial charge in [0.1, 0.15) is 6.29 Å². The number of carbonyl (C=O) groups excluding carboxylic acids is 1. The van der Waals surface area contributed by atoms with Crippen LogP contribution in [0.5, 0.6) is 0 Å². The Bertz CT molecular complexity index is 127. The average molecular weight is 192 g/mol. The number of rotatable bonds is 6. The first kappa shape index (κ1) is 11.8. The van der Waals surface area contributed by atoms with Crippen LogP contribution in [0.25, 0.3) is 0 Å². The molecular formula is C7H16O4Si. The quantitative estimate of drug-likeness (QED) is 0.462. The molecule has 0 aromatic carbocycles. The van der Waals surface area contributed by atoms with E-state index in [-0.39, 0.29) is 5.54 Å². The van der Waals surface area contributed by atoms with Gasteiger partial charge in [0.25, 0.3) is 0 Å². The van der Waals surface area contributed by atoms with Gasteiger partial charge in [-0.05, 0) is 6.42 Å². The zero-order valence-corrected chi connectivity index (χ0v) is 8.99. The third kappa shape index (κ3) is 2.13. The number of hydrogen-bond donors (Lipinski definition) is 0. The van der Waals surface area contributed by atoms with Crippen molar-refractivity contribution in [2.24, 2.45) is 0 Å². The van der Waals surface area contributed by atoms with Gasteiger partial charge in [0.2, 0.25) is 0 Å². The molecule has 72 valence electrons. The Kier molecular flexibility index (Phi) is 5.31. The Morgan fingerprint density at radius 2 is 1.67 bits per heavy atom. The van der Waals surface area contributed by atoms with Crippen LogP contribution in [-0.4, -0.2) is 36.4 Å². The summed E-state index contributed by atoms with van der Waals surface area (Å²) in [5, 5.41) is 0. The van der Waals surface area contributed by atoms with Crippen molar-refractivity contribution in [3.63, 3.8) is 0 Å². The van der Waals surface area contributed by atoms with Crippen LogP contribution in [0.3, 0.4) is 0 Å². The van der Waals surface area contributed by atoms with Crippen LogP contribution in [0.1, 0.15) is 13.3 Å². The molecule has 0 aromatic heterocycles. The molecule has 0 amide bonds. The van der Waals surface area contributed by atoms with Gasteiger partial charge < -0.3 is 18.1 Å². The number of hydrogen-bond acceptors (Lipinski definition) is 4. The highest BCUT2D eigenvalue weighted by molar-refractivity contribution is 6.65. The van der Waals surface area contributed by atoms with Gasteiger partial charge in [-0.2, -0.15) is 0 Å². The smallest absolute Gasteiger partial charge is 0.376 e. The monoisotopic (exact) mass is 192 g/mol. The molecule has 0 N–H and O–H groups in total. The third-order valence-corrected chi connectivity index (χ3v) is 5.07. The van der Waals surface area contributed by atoms with E-state index in [2.05, 4.69) is 0 Å². The topological polar surface area (TPSA) is 44.8 Å². The largest absolute Gasteiger partial charge is 0.510 e. The molecule has 0 aliphatic carbocycles. The maximum Gasteiger partial charge on any atom is 0.510 e. The maximum atomic E-state index is 10.7. The molecule has 5 heteroatoms. The first-order valence-electron chi connectivity index (χ1n) is 3.81. The summed E-state index contributed by atoms with van der Waals surface area (Å²) in [5.74, 6) is 0. The van der Waals surface area contributed by atoms with Crippen LogP contribution in [0.15, 0.2) is 0 Å². The van der Waals surface area contributed by atoms with Gasteiger partial charge in [-0.25, -0.2) is 0 Å². The summed E-state index contributed by atoms with van der Waals surface area (Å²) in [6.07, 6.45) is 1.51. The van der Waals surface area contributed by atoms with Gasteiger partial charge in [-0.3, -0.25) is 0 Å². The van der Waals surface area contributed by atoms with Crippen molar-refractivity contribution in [2.45, 2.75) is 18.9 Å². The molecule has 12 heavy (non-hydrogen) atoms. The molecule has 1 unspecified atom stereocenters. The molecule has 0 aliphatic rings. The molecule has 1 atom stereocenters. The van der Waals surface area contributed by atoms with E-state index < -0.39 is 8.80 Å². The van der Waals surface area contributed by atoms with E-state index in [4.69, 9.17) is 13.3 Å². The Morgan fingerprint density at radius 1 is 1.25 bits per heavy atom. The van der Waals surface area contributed by atoms with Crippen molar-refractivity contribution < 1.29 is 18.1 Å². The molecule has 4 nitrogen and oxygen atoms in total. The van der Waals surface area contributed by atoms with E-state index in [9.17, 15) is 4.79 Å². The van der Waals surface area contributed by atoms with Gasteiger partial charge >= 0.3 is 8.80 Å². The fourth-order valence-electron chi connectivity index (χ4n) is 1.13. The Morgan fingerprint density at radius 3 is 1.75 bits per heavy atom. The minimum atomic E-state index is -2.71. The zero-order chi connectivity index (χ0) is 9.61. The molecule has 0 rings (SSSR count). The van der Waals surface area contributed by atoms with Crippen molar-refractivity contribution in [3.05, 3.63) is 0 Å². The van der Waals surface area contributed by atoms with Crippen molar-refractivity contribution in [2.75, 3.05) is 21.3 Å². The first-order chi connectivity index (χ1) is 5.70. The van der Waals surface area contributed by atoms with Crippen LogP contribution in [0, 0.1) is 0 Å². The Balaban J connectivity index is 4.53. The number of aldehydes is 1. The van der Waals surface area contributed by atoms with Crippen molar-refractivity contribution >= 4 is 15.1 Å². The maximum absolute atomic E-state index is 10.7. The minimum Gasteiger partial charge on any atom is -0.376 e. The lowest BCUT2D eigenvalue weighted by Gasteiger charge is -2.28. The van der Waals surface area contributed by atoms with Crippen LogP contribution >= 0.6 is 0 Å². The predicted octanol–water partition coefficient (Wildman–Crippen LogP) is 0.844. The zero-order valence-electron chi connectivity index (χ0n) is 7.99. The molecule has 0 radical (unpaired) electrons. The summed E-state index contributed by atoms with van der Waals surface area (Å²) in [6, 6.07) is 0. The molecule has 0 saturated heterocycles. The third-order valence-electron chi connectivity index (χ3n) is 1.91. The molecule has 0 bridgehead atoms. The highest BCUT2D eigenvalue weighted by Crippen LogP contribution is 2.24. The van der Waals surface area contributed by atoms with Crippen LogP contribution in [0.2, 0.25) is 5.54 Å². The Labute approximate surface area is 74.2 Å². The molecule has 0 saturated carbocycles. The lowest BCUT2D eigenvalue weighted by molar-refractivity contribution is -0.109. The van der Waals surface area contributed by atoms with Crippen molar-refractivity contribution in [1.29, 1.82) is 0 Å². The second-order valence-electron chi connectivity index (χ2n) is 2.37. The van der Waals surface area contributed by atoms with Gasteiger partial charge in [0.15, 0.2) is 0 Å². The van der Waals surface area contributed by atoms with E-state index in [1.54, 1.807) is 0 Å². The summed E-state index contributed by atoms with van der Waals surface area (Å²) in [6.45, 7) is 1.90. The SMILES string of the molecule is CCC(C=O)[Si](OC)(OC)OC. The van der Waals surface area contributed by atoms with Crippen molar-refractivity contribution in [1.82, 2.24) is 0 Å². The fourth-order valence-corrected chi connectivity index (χ4v) is 3.21. The van der Waals surface area contributed by atoms with E-state index in [0.717, 1.165) is 6.29 Å². The lowest BCUT2D eigenvalue weighted by Crippen LogP contribution is -2.48. The highest BCUT2D eigenvalue weighted by Gasteiger charge is 2.46. The second-order valence-corrected chi connectivity index (χ2v) is 5.54. The summed E-state index contributed by atoms with van der Waals surface area (Å²) in [7, 11) is 1.80. The standard InChI is InChI=1S/C7H16O4Si/c1-5-7(6-8)12(9-2,10-3)11-4/h6-7H,5H2,1-4H3. The van der Waals surface area contributed by atoms with Crippen LogP contribution in [-0.2, 0) is 18.1 Å². The van der Waals surface area contributed by atoms with Gasteiger partial charge in [-0.15, -0.1) is 0 Å². The summed E-state index contributed by atoms with van der Waals surface area (Å²) >= 11 is 0. The van der Waals surface area contributed by atoms with Gasteiger partial charge in [0.05, 0.1) is 5.54 Å². The first-order valence-corrected chi connectivity index (χ1v) is 5.61. The van der Waals surface area contributed by atoms with Gasteiger partial charge in [0, 0.05) is 21.3 Å². The predicted molar refractivity (Wildman–Crippen MR) is 46.9 cm³/mol. The molecular weight excluding hydrogens is 176 g/mol. The highest BCUT2D eigenvalue weighted by atomic mass is 28.4. The lowest BCUT2D eigenvalue weighted by atomic mass is 10.4. The molecule has 0 spiro atoms. The van der Waals surface area contributed by atoms with E-state index in [0.29, 0.717) is 6.42 Å². The van der Waals surface area contributed by atoms with Crippen LogP contribution in [0.4, 0.5) is 0 Å². The molecule has 0 aliphatic heterocycles. The molecule has 0 aromatic rings. The molecule has 0 fully saturated rings. The number of carbonyl (C=O) groups is 1. The molecule has 0 heterocycles. The van der Waals surface area contributed by atoms with Gasteiger partial charge in [-0.1, -0.05) is 6.92 Å². The van der Waals surface area contributed by atoms with E-state index >= 15 is 0 Å². The summed E-state index contributed by atoms with van der Waals surface area (Å²) in [4.78, 5) is 10.7. The van der Waals surface area contributed by atoms with E-state index in [1.165, 1.54) is 21.3 Å². The van der Waals surface area contributed by atoms with E-state index in [1.807, 2.05) is 6.92 Å².